The standard InChI is InChI=1S/C11H12BrNO/c1-2-3-4-8-14-11-9(12)6-5-7-10(11)13/h1,5-7H,3-4,8,13H2. The van der Waals surface area contributed by atoms with Crippen molar-refractivity contribution < 1.29 is 4.74 Å². The van der Waals surface area contributed by atoms with E-state index in [1.807, 2.05) is 12.1 Å². The molecule has 0 aromatic heterocycles. The number of benzene rings is 1. The van der Waals surface area contributed by atoms with Crippen LogP contribution in [0.5, 0.6) is 5.75 Å². The number of ether oxygens (including phenoxy) is 1. The van der Waals surface area contributed by atoms with E-state index in [4.69, 9.17) is 16.9 Å². The van der Waals surface area contributed by atoms with Gasteiger partial charge in [-0.1, -0.05) is 6.07 Å². The predicted molar refractivity (Wildman–Crippen MR) is 62.1 cm³/mol. The Kier molecular flexibility index (Phi) is 4.34. The Morgan fingerprint density at radius 1 is 1.50 bits per heavy atom. The largest absolute Gasteiger partial charge is 0.490 e. The molecule has 0 aliphatic carbocycles. The SMILES string of the molecule is C#CCCCOc1c(N)cccc1Br. The molecule has 1 rings (SSSR count). The van der Waals surface area contributed by atoms with Gasteiger partial charge in [-0.3, -0.25) is 0 Å². The molecule has 0 aliphatic rings. The Morgan fingerprint density at radius 3 is 2.93 bits per heavy atom. The molecule has 3 heteroatoms. The molecule has 14 heavy (non-hydrogen) atoms. The van der Waals surface area contributed by atoms with Crippen molar-refractivity contribution in [3.63, 3.8) is 0 Å². The molecule has 0 heterocycles. The first-order valence-corrected chi connectivity index (χ1v) is 5.15. The normalized spacial score (nSPS) is 9.43. The molecular formula is C11H12BrNO. The van der Waals surface area contributed by atoms with Crippen LogP contribution in [-0.4, -0.2) is 6.61 Å². The highest BCUT2D eigenvalue weighted by atomic mass is 79.9. The molecule has 0 amide bonds. The van der Waals surface area contributed by atoms with Crippen LogP contribution in [0.25, 0.3) is 0 Å². The fourth-order valence-electron chi connectivity index (χ4n) is 1.03. The second-order valence-electron chi connectivity index (χ2n) is 2.81. The van der Waals surface area contributed by atoms with Crippen molar-refractivity contribution >= 4 is 21.6 Å². The highest BCUT2D eigenvalue weighted by Gasteiger charge is 2.03. The summed E-state index contributed by atoms with van der Waals surface area (Å²) in [4.78, 5) is 0. The van der Waals surface area contributed by atoms with Gasteiger partial charge in [0.25, 0.3) is 0 Å². The van der Waals surface area contributed by atoms with E-state index in [0.29, 0.717) is 18.0 Å². The second kappa shape index (κ2) is 5.56. The van der Waals surface area contributed by atoms with Crippen LogP contribution in [0.3, 0.4) is 0 Å². The number of anilines is 1. The fraction of sp³-hybridized carbons (Fsp3) is 0.273. The lowest BCUT2D eigenvalue weighted by molar-refractivity contribution is 0.313. The predicted octanol–water partition coefficient (Wildman–Crippen LogP) is 2.82. The molecular weight excluding hydrogens is 242 g/mol. The van der Waals surface area contributed by atoms with E-state index in [0.717, 1.165) is 17.3 Å². The number of terminal acetylenes is 1. The van der Waals surface area contributed by atoms with Crippen LogP contribution in [0.4, 0.5) is 5.69 Å². The molecule has 0 saturated heterocycles. The van der Waals surface area contributed by atoms with Crippen LogP contribution in [-0.2, 0) is 0 Å². The smallest absolute Gasteiger partial charge is 0.156 e. The molecule has 74 valence electrons. The Hall–Kier alpha value is -1.14. The van der Waals surface area contributed by atoms with Crippen molar-refractivity contribution in [3.05, 3.63) is 22.7 Å². The molecule has 1 aromatic rings. The zero-order chi connectivity index (χ0) is 10.4. The molecule has 2 N–H and O–H groups in total. The quantitative estimate of drug-likeness (QED) is 0.509. The van der Waals surface area contributed by atoms with Gasteiger partial charge in [0.15, 0.2) is 5.75 Å². The third kappa shape index (κ3) is 2.97. The number of halogens is 1. The third-order valence-corrected chi connectivity index (χ3v) is 2.33. The first-order chi connectivity index (χ1) is 6.75. The molecule has 0 saturated carbocycles. The van der Waals surface area contributed by atoms with Crippen molar-refractivity contribution in [1.82, 2.24) is 0 Å². The summed E-state index contributed by atoms with van der Waals surface area (Å²) in [5, 5.41) is 0. The van der Waals surface area contributed by atoms with Crippen LogP contribution < -0.4 is 10.5 Å². The summed E-state index contributed by atoms with van der Waals surface area (Å²) in [6, 6.07) is 5.57. The van der Waals surface area contributed by atoms with Crippen molar-refractivity contribution in [1.29, 1.82) is 0 Å². The average molecular weight is 254 g/mol. The maximum absolute atomic E-state index is 5.74. The van der Waals surface area contributed by atoms with Crippen molar-refractivity contribution in [3.8, 4) is 18.1 Å². The molecule has 0 fully saturated rings. The molecule has 2 nitrogen and oxygen atoms in total. The van der Waals surface area contributed by atoms with Gasteiger partial charge in [0.1, 0.15) is 0 Å². The number of unbranched alkanes of at least 4 members (excludes halogenated alkanes) is 1. The number of nitrogens with two attached hydrogens (primary N) is 1. The third-order valence-electron chi connectivity index (χ3n) is 1.71. The van der Waals surface area contributed by atoms with Gasteiger partial charge in [0, 0.05) is 6.42 Å². The second-order valence-corrected chi connectivity index (χ2v) is 3.67. The lowest BCUT2D eigenvalue weighted by Gasteiger charge is -2.09. The molecule has 0 aliphatic heterocycles. The van der Waals surface area contributed by atoms with E-state index in [9.17, 15) is 0 Å². The Labute approximate surface area is 92.6 Å². The topological polar surface area (TPSA) is 35.2 Å². The minimum absolute atomic E-state index is 0.594. The maximum Gasteiger partial charge on any atom is 0.156 e. The number of hydrogen-bond acceptors (Lipinski definition) is 2. The van der Waals surface area contributed by atoms with E-state index in [2.05, 4.69) is 21.9 Å². The minimum atomic E-state index is 0.594. The number of para-hydroxylation sites is 1. The zero-order valence-corrected chi connectivity index (χ0v) is 9.38. The van der Waals surface area contributed by atoms with Crippen molar-refractivity contribution in [2.75, 3.05) is 12.3 Å². The minimum Gasteiger partial charge on any atom is -0.490 e. The average Bonchev–Trinajstić information content (AvgIpc) is 2.16. The van der Waals surface area contributed by atoms with Gasteiger partial charge in [-0.2, -0.15) is 0 Å². The number of hydrogen-bond donors (Lipinski definition) is 1. The fourth-order valence-corrected chi connectivity index (χ4v) is 1.52. The highest BCUT2D eigenvalue weighted by Crippen LogP contribution is 2.30. The molecule has 0 radical (unpaired) electrons. The summed E-state index contributed by atoms with van der Waals surface area (Å²) in [6.45, 7) is 0.594. The van der Waals surface area contributed by atoms with Gasteiger partial charge in [0.2, 0.25) is 0 Å². The van der Waals surface area contributed by atoms with Gasteiger partial charge in [-0.25, -0.2) is 0 Å². The Morgan fingerprint density at radius 2 is 2.29 bits per heavy atom. The summed E-state index contributed by atoms with van der Waals surface area (Å²) >= 11 is 3.37. The molecule has 0 atom stereocenters. The lowest BCUT2D eigenvalue weighted by atomic mass is 10.3. The van der Waals surface area contributed by atoms with Crippen LogP contribution in [0.1, 0.15) is 12.8 Å². The van der Waals surface area contributed by atoms with Crippen LogP contribution in [0.15, 0.2) is 22.7 Å². The van der Waals surface area contributed by atoms with Crippen LogP contribution in [0.2, 0.25) is 0 Å². The summed E-state index contributed by atoms with van der Waals surface area (Å²) in [6.07, 6.45) is 6.70. The summed E-state index contributed by atoms with van der Waals surface area (Å²) in [7, 11) is 0. The van der Waals surface area contributed by atoms with E-state index in [-0.39, 0.29) is 0 Å². The number of nitrogen functional groups attached to an aromatic ring is 1. The summed E-state index contributed by atoms with van der Waals surface area (Å²) in [5.41, 5.74) is 6.38. The zero-order valence-electron chi connectivity index (χ0n) is 7.79. The van der Waals surface area contributed by atoms with Crippen molar-refractivity contribution in [2.45, 2.75) is 12.8 Å². The first kappa shape index (κ1) is 10.9. The number of rotatable bonds is 4. The first-order valence-electron chi connectivity index (χ1n) is 4.36. The monoisotopic (exact) mass is 253 g/mol. The van der Waals surface area contributed by atoms with Gasteiger partial charge >= 0.3 is 0 Å². The highest BCUT2D eigenvalue weighted by molar-refractivity contribution is 9.10. The summed E-state index contributed by atoms with van der Waals surface area (Å²) < 4.78 is 6.38. The molecule has 0 spiro atoms. The molecule has 1 aromatic carbocycles. The van der Waals surface area contributed by atoms with E-state index >= 15 is 0 Å². The van der Waals surface area contributed by atoms with Crippen LogP contribution in [0, 0.1) is 12.3 Å². The van der Waals surface area contributed by atoms with Gasteiger partial charge in [-0.15, -0.1) is 12.3 Å². The maximum atomic E-state index is 5.74. The van der Waals surface area contributed by atoms with E-state index in [1.165, 1.54) is 0 Å². The van der Waals surface area contributed by atoms with E-state index < -0.39 is 0 Å². The Balaban J connectivity index is 2.54. The van der Waals surface area contributed by atoms with Crippen molar-refractivity contribution in [2.24, 2.45) is 0 Å². The van der Waals surface area contributed by atoms with Gasteiger partial charge in [-0.05, 0) is 34.5 Å². The van der Waals surface area contributed by atoms with Crippen LogP contribution >= 0.6 is 15.9 Å². The Bertz CT molecular complexity index is 323. The van der Waals surface area contributed by atoms with Gasteiger partial charge < -0.3 is 10.5 Å². The van der Waals surface area contributed by atoms with Gasteiger partial charge in [0.05, 0.1) is 16.8 Å². The molecule has 0 bridgehead atoms. The lowest BCUT2D eigenvalue weighted by Crippen LogP contribution is -2.00. The summed E-state index contributed by atoms with van der Waals surface area (Å²) in [5.74, 6) is 3.26. The molecule has 0 unspecified atom stereocenters. The van der Waals surface area contributed by atoms with E-state index in [1.54, 1.807) is 6.07 Å².